The van der Waals surface area contributed by atoms with E-state index in [1.54, 1.807) is 0 Å². The van der Waals surface area contributed by atoms with Crippen LogP contribution in [0.3, 0.4) is 0 Å². The van der Waals surface area contributed by atoms with Crippen molar-refractivity contribution >= 4 is 11.7 Å². The summed E-state index contributed by atoms with van der Waals surface area (Å²) in [7, 11) is 0. The second kappa shape index (κ2) is 9.34. The first-order valence-corrected chi connectivity index (χ1v) is 7.74. The standard InChI is InChI=1S/C16H27N3O/c1-4-7-8-10-18-16(20)13-11-14(6-3)19-15(12-13)17-9-5-2/h11-12H,4-10H2,1-3H3,(H,17,19)(H,18,20). The monoisotopic (exact) mass is 277 g/mol. The lowest BCUT2D eigenvalue weighted by molar-refractivity contribution is 0.0953. The van der Waals surface area contributed by atoms with E-state index < -0.39 is 0 Å². The average Bonchev–Trinajstić information content (AvgIpc) is 2.48. The third kappa shape index (κ3) is 5.59. The van der Waals surface area contributed by atoms with Crippen LogP contribution < -0.4 is 10.6 Å². The van der Waals surface area contributed by atoms with E-state index in [9.17, 15) is 4.79 Å². The van der Waals surface area contributed by atoms with E-state index in [2.05, 4.69) is 36.4 Å². The fourth-order valence-electron chi connectivity index (χ4n) is 1.92. The molecule has 1 amide bonds. The highest BCUT2D eigenvalue weighted by atomic mass is 16.1. The summed E-state index contributed by atoms with van der Waals surface area (Å²) < 4.78 is 0. The Morgan fingerprint density at radius 3 is 2.55 bits per heavy atom. The summed E-state index contributed by atoms with van der Waals surface area (Å²) in [6, 6.07) is 3.72. The summed E-state index contributed by atoms with van der Waals surface area (Å²) in [5.74, 6) is 0.794. The molecule has 0 aliphatic carbocycles. The van der Waals surface area contributed by atoms with Crippen molar-refractivity contribution in [3.63, 3.8) is 0 Å². The Morgan fingerprint density at radius 2 is 1.90 bits per heavy atom. The number of amides is 1. The molecule has 0 radical (unpaired) electrons. The van der Waals surface area contributed by atoms with Crippen molar-refractivity contribution in [1.82, 2.24) is 10.3 Å². The summed E-state index contributed by atoms with van der Waals surface area (Å²) in [6.45, 7) is 7.93. The van der Waals surface area contributed by atoms with Gasteiger partial charge in [0.15, 0.2) is 0 Å². The molecule has 4 heteroatoms. The van der Waals surface area contributed by atoms with Crippen LogP contribution in [-0.2, 0) is 6.42 Å². The molecular weight excluding hydrogens is 250 g/mol. The third-order valence-electron chi connectivity index (χ3n) is 3.12. The maximum atomic E-state index is 12.1. The first-order valence-electron chi connectivity index (χ1n) is 7.74. The lowest BCUT2D eigenvalue weighted by Gasteiger charge is -2.10. The van der Waals surface area contributed by atoms with E-state index in [1.165, 1.54) is 0 Å². The number of aromatic nitrogens is 1. The molecular formula is C16H27N3O. The molecule has 112 valence electrons. The lowest BCUT2D eigenvalue weighted by Crippen LogP contribution is -2.25. The van der Waals surface area contributed by atoms with Crippen LogP contribution in [0.5, 0.6) is 0 Å². The van der Waals surface area contributed by atoms with Crippen molar-refractivity contribution in [2.24, 2.45) is 0 Å². The first-order chi connectivity index (χ1) is 9.71. The van der Waals surface area contributed by atoms with Crippen LogP contribution in [0.4, 0.5) is 5.82 Å². The van der Waals surface area contributed by atoms with E-state index in [1.807, 2.05) is 12.1 Å². The number of anilines is 1. The fourth-order valence-corrected chi connectivity index (χ4v) is 1.92. The Labute approximate surface area is 122 Å². The highest BCUT2D eigenvalue weighted by Crippen LogP contribution is 2.11. The molecule has 0 bridgehead atoms. The van der Waals surface area contributed by atoms with Gasteiger partial charge in [0.1, 0.15) is 5.82 Å². The highest BCUT2D eigenvalue weighted by Gasteiger charge is 2.08. The molecule has 1 heterocycles. The van der Waals surface area contributed by atoms with Crippen molar-refractivity contribution in [3.8, 4) is 0 Å². The Hall–Kier alpha value is -1.58. The van der Waals surface area contributed by atoms with Crippen molar-refractivity contribution in [2.45, 2.75) is 52.9 Å². The lowest BCUT2D eigenvalue weighted by atomic mass is 10.1. The molecule has 0 saturated heterocycles. The van der Waals surface area contributed by atoms with Crippen molar-refractivity contribution in [1.29, 1.82) is 0 Å². The average molecular weight is 277 g/mol. The van der Waals surface area contributed by atoms with Gasteiger partial charge in [-0.05, 0) is 31.4 Å². The summed E-state index contributed by atoms with van der Waals surface area (Å²) >= 11 is 0. The van der Waals surface area contributed by atoms with Crippen LogP contribution in [-0.4, -0.2) is 24.0 Å². The van der Waals surface area contributed by atoms with Crippen molar-refractivity contribution in [2.75, 3.05) is 18.4 Å². The molecule has 1 aromatic rings. The zero-order valence-corrected chi connectivity index (χ0v) is 13.0. The third-order valence-corrected chi connectivity index (χ3v) is 3.12. The van der Waals surface area contributed by atoms with Crippen LogP contribution >= 0.6 is 0 Å². The van der Waals surface area contributed by atoms with Crippen molar-refractivity contribution < 1.29 is 4.79 Å². The molecule has 1 rings (SSSR count). The number of pyridine rings is 1. The van der Waals surface area contributed by atoms with Gasteiger partial charge in [0.2, 0.25) is 0 Å². The number of carbonyl (C=O) groups excluding carboxylic acids is 1. The number of unbranched alkanes of at least 4 members (excludes halogenated alkanes) is 2. The first kappa shape index (κ1) is 16.5. The van der Waals surface area contributed by atoms with Gasteiger partial charge in [0, 0.05) is 24.3 Å². The molecule has 1 aromatic heterocycles. The van der Waals surface area contributed by atoms with Crippen LogP contribution in [0.25, 0.3) is 0 Å². The summed E-state index contributed by atoms with van der Waals surface area (Å²) in [4.78, 5) is 16.6. The number of nitrogens with one attached hydrogen (secondary N) is 2. The molecule has 0 atom stereocenters. The number of hydrogen-bond acceptors (Lipinski definition) is 3. The van der Waals surface area contributed by atoms with Crippen LogP contribution in [0.2, 0.25) is 0 Å². The van der Waals surface area contributed by atoms with Crippen LogP contribution in [0, 0.1) is 0 Å². The topological polar surface area (TPSA) is 54.0 Å². The molecule has 0 unspecified atom stereocenters. The van der Waals surface area contributed by atoms with Gasteiger partial charge >= 0.3 is 0 Å². The van der Waals surface area contributed by atoms with Gasteiger partial charge in [-0.15, -0.1) is 0 Å². The summed E-state index contributed by atoms with van der Waals surface area (Å²) in [5.41, 5.74) is 1.65. The number of aryl methyl sites for hydroxylation is 1. The molecule has 0 spiro atoms. The number of nitrogens with zero attached hydrogens (tertiary/aromatic N) is 1. The number of hydrogen-bond donors (Lipinski definition) is 2. The van der Waals surface area contributed by atoms with Gasteiger partial charge in [-0.2, -0.15) is 0 Å². The molecule has 0 aliphatic heterocycles. The Bertz CT molecular complexity index is 418. The zero-order valence-electron chi connectivity index (χ0n) is 13.0. The zero-order chi connectivity index (χ0) is 14.8. The van der Waals surface area contributed by atoms with Gasteiger partial charge < -0.3 is 10.6 Å². The van der Waals surface area contributed by atoms with Gasteiger partial charge in [0.05, 0.1) is 0 Å². The minimum Gasteiger partial charge on any atom is -0.370 e. The minimum absolute atomic E-state index is 0.00208. The van der Waals surface area contributed by atoms with Crippen LogP contribution in [0.1, 0.15) is 62.5 Å². The van der Waals surface area contributed by atoms with Gasteiger partial charge in [0.25, 0.3) is 5.91 Å². The quantitative estimate of drug-likeness (QED) is 0.680. The molecule has 20 heavy (non-hydrogen) atoms. The van der Waals surface area contributed by atoms with E-state index in [0.717, 1.165) is 56.7 Å². The van der Waals surface area contributed by atoms with E-state index in [0.29, 0.717) is 5.56 Å². The van der Waals surface area contributed by atoms with E-state index in [-0.39, 0.29) is 5.91 Å². The molecule has 0 saturated carbocycles. The van der Waals surface area contributed by atoms with Gasteiger partial charge in [-0.25, -0.2) is 4.98 Å². The van der Waals surface area contributed by atoms with Gasteiger partial charge in [-0.1, -0.05) is 33.6 Å². The Kier molecular flexibility index (Phi) is 7.70. The van der Waals surface area contributed by atoms with E-state index in [4.69, 9.17) is 0 Å². The normalized spacial score (nSPS) is 10.3. The van der Waals surface area contributed by atoms with Crippen molar-refractivity contribution in [3.05, 3.63) is 23.4 Å². The molecule has 0 fully saturated rings. The van der Waals surface area contributed by atoms with E-state index >= 15 is 0 Å². The predicted molar refractivity (Wildman–Crippen MR) is 84.3 cm³/mol. The Morgan fingerprint density at radius 1 is 1.10 bits per heavy atom. The maximum Gasteiger partial charge on any atom is 0.251 e. The second-order valence-electron chi connectivity index (χ2n) is 4.98. The molecule has 0 aromatic carbocycles. The Balaban J connectivity index is 2.68. The number of carbonyl (C=O) groups is 1. The maximum absolute atomic E-state index is 12.1. The minimum atomic E-state index is -0.00208. The van der Waals surface area contributed by atoms with Gasteiger partial charge in [-0.3, -0.25) is 4.79 Å². The fraction of sp³-hybridized carbons (Fsp3) is 0.625. The largest absolute Gasteiger partial charge is 0.370 e. The summed E-state index contributed by atoms with van der Waals surface area (Å²) in [5, 5.41) is 6.22. The molecule has 0 aliphatic rings. The predicted octanol–water partition coefficient (Wildman–Crippen LogP) is 3.39. The van der Waals surface area contributed by atoms with Crippen LogP contribution in [0.15, 0.2) is 12.1 Å². The molecule has 4 nitrogen and oxygen atoms in total. The second-order valence-corrected chi connectivity index (χ2v) is 4.98. The number of rotatable bonds is 9. The molecule has 2 N–H and O–H groups in total. The highest BCUT2D eigenvalue weighted by molar-refractivity contribution is 5.95. The summed E-state index contributed by atoms with van der Waals surface area (Å²) in [6.07, 6.45) is 5.22. The SMILES string of the molecule is CCCCCNC(=O)c1cc(CC)nc(NCCC)c1. The smallest absolute Gasteiger partial charge is 0.251 e.